The molecule has 1 aromatic carbocycles. The van der Waals surface area contributed by atoms with Gasteiger partial charge in [-0.05, 0) is 57.8 Å². The summed E-state index contributed by atoms with van der Waals surface area (Å²) < 4.78 is 19.3. The maximum atomic E-state index is 13.9. The Balaban J connectivity index is 1.34. The normalized spacial score (nSPS) is 19.7. The van der Waals surface area contributed by atoms with Gasteiger partial charge in [-0.2, -0.15) is 0 Å². The fraction of sp³-hybridized carbons (Fsp3) is 0.696. The first-order valence-corrected chi connectivity index (χ1v) is 11.5. The summed E-state index contributed by atoms with van der Waals surface area (Å²) in [5.74, 6) is 1.43. The zero-order chi connectivity index (χ0) is 21.0. The molecular formula is C23H38FN5O. The summed E-state index contributed by atoms with van der Waals surface area (Å²) in [5.41, 5.74) is 0.796. The van der Waals surface area contributed by atoms with E-state index < -0.39 is 0 Å². The highest BCUT2D eigenvalue weighted by Crippen LogP contribution is 2.20. The summed E-state index contributed by atoms with van der Waals surface area (Å²) in [6.07, 6.45) is 3.35. The number of halogens is 1. The number of morpholine rings is 1. The second-order valence-electron chi connectivity index (χ2n) is 8.26. The van der Waals surface area contributed by atoms with Gasteiger partial charge in [-0.1, -0.05) is 18.2 Å². The summed E-state index contributed by atoms with van der Waals surface area (Å²) in [5, 5.41) is 6.84. The Morgan fingerprint density at radius 2 is 1.87 bits per heavy atom. The van der Waals surface area contributed by atoms with Crippen LogP contribution in [0.25, 0.3) is 0 Å². The molecule has 2 fully saturated rings. The van der Waals surface area contributed by atoms with Crippen molar-refractivity contribution in [3.8, 4) is 0 Å². The van der Waals surface area contributed by atoms with Gasteiger partial charge in [0.1, 0.15) is 5.82 Å². The first-order chi connectivity index (χ1) is 14.7. The van der Waals surface area contributed by atoms with E-state index in [9.17, 15) is 4.39 Å². The number of guanidine groups is 1. The Morgan fingerprint density at radius 1 is 1.10 bits per heavy atom. The molecule has 0 spiro atoms. The summed E-state index contributed by atoms with van der Waals surface area (Å²) in [6, 6.07) is 7.10. The number of hydrogen-bond acceptors (Lipinski definition) is 4. The first kappa shape index (κ1) is 23.0. The van der Waals surface area contributed by atoms with Crippen LogP contribution in [0, 0.1) is 11.7 Å². The Hall–Kier alpha value is -1.70. The van der Waals surface area contributed by atoms with E-state index in [1.807, 2.05) is 12.1 Å². The molecule has 0 atom stereocenters. The molecule has 2 heterocycles. The highest BCUT2D eigenvalue weighted by molar-refractivity contribution is 5.79. The summed E-state index contributed by atoms with van der Waals surface area (Å²) in [4.78, 5) is 9.64. The van der Waals surface area contributed by atoms with Crippen molar-refractivity contribution in [3.63, 3.8) is 0 Å². The lowest BCUT2D eigenvalue weighted by Gasteiger charge is -2.31. The van der Waals surface area contributed by atoms with Gasteiger partial charge in [0.25, 0.3) is 0 Å². The van der Waals surface area contributed by atoms with Crippen molar-refractivity contribution in [1.82, 2.24) is 20.4 Å². The largest absolute Gasteiger partial charge is 0.379 e. The average Bonchev–Trinajstić information content (AvgIpc) is 2.78. The average molecular weight is 420 g/mol. The van der Waals surface area contributed by atoms with Crippen molar-refractivity contribution < 1.29 is 9.13 Å². The topological polar surface area (TPSA) is 52.1 Å². The molecule has 168 valence electrons. The predicted molar refractivity (Wildman–Crippen MR) is 120 cm³/mol. The fourth-order valence-electron chi connectivity index (χ4n) is 4.09. The molecule has 0 aliphatic carbocycles. The van der Waals surface area contributed by atoms with Gasteiger partial charge in [0.15, 0.2) is 5.96 Å². The van der Waals surface area contributed by atoms with Gasteiger partial charge >= 0.3 is 0 Å². The minimum atomic E-state index is -0.0980. The van der Waals surface area contributed by atoms with Gasteiger partial charge in [0, 0.05) is 44.8 Å². The van der Waals surface area contributed by atoms with Crippen molar-refractivity contribution in [2.24, 2.45) is 10.9 Å². The zero-order valence-corrected chi connectivity index (χ0v) is 18.4. The number of ether oxygens (including phenoxy) is 1. The van der Waals surface area contributed by atoms with Crippen molar-refractivity contribution >= 4 is 5.96 Å². The van der Waals surface area contributed by atoms with Gasteiger partial charge in [-0.25, -0.2) is 4.39 Å². The monoisotopic (exact) mass is 419 g/mol. The maximum absolute atomic E-state index is 13.9. The summed E-state index contributed by atoms with van der Waals surface area (Å²) >= 11 is 0. The third-order valence-corrected chi connectivity index (χ3v) is 5.96. The lowest BCUT2D eigenvalue weighted by atomic mass is 9.96. The predicted octanol–water partition coefficient (Wildman–Crippen LogP) is 2.32. The van der Waals surface area contributed by atoms with Crippen molar-refractivity contribution in [2.75, 3.05) is 65.6 Å². The lowest BCUT2D eigenvalue weighted by Crippen LogP contribution is -2.41. The second-order valence-corrected chi connectivity index (χ2v) is 8.26. The van der Waals surface area contributed by atoms with Crippen LogP contribution in [-0.2, 0) is 11.3 Å². The molecule has 0 unspecified atom stereocenters. The number of nitrogens with one attached hydrogen (secondary N) is 2. The number of nitrogens with zero attached hydrogens (tertiary/aromatic N) is 3. The van der Waals surface area contributed by atoms with Crippen LogP contribution in [0.15, 0.2) is 29.3 Å². The number of benzene rings is 1. The smallest absolute Gasteiger partial charge is 0.191 e. The quantitative estimate of drug-likeness (QED) is 0.366. The van der Waals surface area contributed by atoms with E-state index in [-0.39, 0.29) is 5.82 Å². The molecule has 0 radical (unpaired) electrons. The molecule has 1 aromatic rings. The van der Waals surface area contributed by atoms with Gasteiger partial charge in [-0.15, -0.1) is 0 Å². The number of aliphatic imine (C=N–C) groups is 1. The standard InChI is InChI=1S/C23H38FN5O/c1-2-25-23(26-10-5-11-28-14-16-30-17-15-28)27-18-20-8-12-29(13-9-20)19-21-6-3-4-7-22(21)24/h3-4,6-7,20H,2,5,8-19H2,1H3,(H2,25,26,27). The molecule has 0 bridgehead atoms. The molecule has 30 heavy (non-hydrogen) atoms. The first-order valence-electron chi connectivity index (χ1n) is 11.5. The van der Waals surface area contributed by atoms with E-state index in [2.05, 4.69) is 27.4 Å². The van der Waals surface area contributed by atoms with Crippen LogP contribution in [-0.4, -0.2) is 81.3 Å². The van der Waals surface area contributed by atoms with E-state index in [4.69, 9.17) is 9.73 Å². The van der Waals surface area contributed by atoms with E-state index in [1.54, 1.807) is 12.1 Å². The van der Waals surface area contributed by atoms with Crippen molar-refractivity contribution in [3.05, 3.63) is 35.6 Å². The number of hydrogen-bond donors (Lipinski definition) is 2. The van der Waals surface area contributed by atoms with E-state index in [0.29, 0.717) is 12.5 Å². The fourth-order valence-corrected chi connectivity index (χ4v) is 4.09. The molecule has 0 saturated carbocycles. The Labute approximate surface area is 180 Å². The minimum absolute atomic E-state index is 0.0980. The van der Waals surface area contributed by atoms with Crippen LogP contribution in [0.5, 0.6) is 0 Å². The van der Waals surface area contributed by atoms with E-state index >= 15 is 0 Å². The molecule has 2 aliphatic heterocycles. The molecule has 0 amide bonds. The molecule has 6 nitrogen and oxygen atoms in total. The third-order valence-electron chi connectivity index (χ3n) is 5.96. The van der Waals surface area contributed by atoms with Crippen LogP contribution in [0.4, 0.5) is 4.39 Å². The highest BCUT2D eigenvalue weighted by Gasteiger charge is 2.20. The second kappa shape index (κ2) is 12.9. The number of likely N-dealkylation sites (tertiary alicyclic amines) is 1. The van der Waals surface area contributed by atoms with Gasteiger partial charge in [0.2, 0.25) is 0 Å². The van der Waals surface area contributed by atoms with Crippen LogP contribution < -0.4 is 10.6 Å². The van der Waals surface area contributed by atoms with Crippen molar-refractivity contribution in [2.45, 2.75) is 32.7 Å². The Kier molecular flexibility index (Phi) is 9.86. The molecule has 0 aromatic heterocycles. The summed E-state index contributed by atoms with van der Waals surface area (Å²) in [6.45, 7) is 12.4. The van der Waals surface area contributed by atoms with E-state index in [0.717, 1.165) is 96.4 Å². The van der Waals surface area contributed by atoms with Gasteiger partial charge in [-0.3, -0.25) is 14.8 Å². The molecule has 2 N–H and O–H groups in total. The number of piperidine rings is 1. The number of rotatable bonds is 9. The van der Waals surface area contributed by atoms with Gasteiger partial charge < -0.3 is 15.4 Å². The molecule has 7 heteroatoms. The zero-order valence-electron chi connectivity index (χ0n) is 18.4. The molecule has 2 aliphatic rings. The highest BCUT2D eigenvalue weighted by atomic mass is 19.1. The minimum Gasteiger partial charge on any atom is -0.379 e. The summed E-state index contributed by atoms with van der Waals surface area (Å²) in [7, 11) is 0. The molecule has 2 saturated heterocycles. The SMILES string of the molecule is CCNC(=NCC1CCN(Cc2ccccc2F)CC1)NCCCN1CCOCC1. The van der Waals surface area contributed by atoms with Crippen molar-refractivity contribution in [1.29, 1.82) is 0 Å². The molecular weight excluding hydrogens is 381 g/mol. The van der Waals surface area contributed by atoms with E-state index in [1.165, 1.54) is 0 Å². The lowest BCUT2D eigenvalue weighted by molar-refractivity contribution is 0.0376. The van der Waals surface area contributed by atoms with Crippen LogP contribution in [0.2, 0.25) is 0 Å². The maximum Gasteiger partial charge on any atom is 0.191 e. The van der Waals surface area contributed by atoms with Crippen LogP contribution >= 0.6 is 0 Å². The van der Waals surface area contributed by atoms with Gasteiger partial charge in [0.05, 0.1) is 13.2 Å². The Bertz CT molecular complexity index is 642. The Morgan fingerprint density at radius 3 is 2.60 bits per heavy atom. The molecule has 3 rings (SSSR count). The third kappa shape index (κ3) is 7.85. The van der Waals surface area contributed by atoms with Crippen LogP contribution in [0.1, 0.15) is 31.7 Å². The van der Waals surface area contributed by atoms with Crippen LogP contribution in [0.3, 0.4) is 0 Å².